The number of amidine groups is 1. The zero-order valence-corrected chi connectivity index (χ0v) is 15.4. The van der Waals surface area contributed by atoms with Gasteiger partial charge in [0.15, 0.2) is 5.17 Å². The van der Waals surface area contributed by atoms with Crippen LogP contribution in [0.4, 0.5) is 5.69 Å². The number of benzene rings is 2. The van der Waals surface area contributed by atoms with Crippen molar-refractivity contribution in [2.24, 2.45) is 4.99 Å². The van der Waals surface area contributed by atoms with Crippen LogP contribution in [0, 0.1) is 0 Å². The van der Waals surface area contributed by atoms with Crippen LogP contribution in [-0.4, -0.2) is 11.1 Å². The van der Waals surface area contributed by atoms with Crippen molar-refractivity contribution in [2.45, 2.75) is 0 Å². The van der Waals surface area contributed by atoms with E-state index < -0.39 is 0 Å². The summed E-state index contributed by atoms with van der Waals surface area (Å²) in [5.74, 6) is -0.170. The third-order valence-electron chi connectivity index (χ3n) is 2.95. The molecule has 0 unspecified atom stereocenters. The number of thioether (sulfide) groups is 1. The van der Waals surface area contributed by atoms with Gasteiger partial charge in [-0.05, 0) is 53.7 Å². The van der Waals surface area contributed by atoms with Crippen molar-refractivity contribution in [2.75, 3.05) is 0 Å². The summed E-state index contributed by atoms with van der Waals surface area (Å²) in [5, 5.41) is 4.14. The molecule has 0 atom stereocenters. The zero-order chi connectivity index (χ0) is 16.4. The highest BCUT2D eigenvalue weighted by atomic mass is 79.9. The number of aliphatic imine (C=N–C) groups is 1. The molecule has 0 aliphatic carbocycles. The number of amides is 1. The SMILES string of the molecule is O=C1NC(=Nc2ccc(Cl)c(Cl)c2)SC1=Cc1ccc(Br)cc1. The second-order valence-corrected chi connectivity index (χ2v) is 7.39. The van der Waals surface area contributed by atoms with Gasteiger partial charge in [0.1, 0.15) is 0 Å². The molecule has 1 aliphatic rings. The lowest BCUT2D eigenvalue weighted by molar-refractivity contribution is -0.115. The van der Waals surface area contributed by atoms with E-state index in [4.69, 9.17) is 23.2 Å². The van der Waals surface area contributed by atoms with Crippen molar-refractivity contribution >= 4 is 73.7 Å². The number of halogens is 3. The van der Waals surface area contributed by atoms with Gasteiger partial charge in [0.25, 0.3) is 5.91 Å². The number of nitrogens with zero attached hydrogens (tertiary/aromatic N) is 1. The van der Waals surface area contributed by atoms with Crippen LogP contribution in [-0.2, 0) is 4.79 Å². The van der Waals surface area contributed by atoms with Gasteiger partial charge in [-0.3, -0.25) is 4.79 Å². The van der Waals surface area contributed by atoms with Gasteiger partial charge < -0.3 is 5.32 Å². The van der Waals surface area contributed by atoms with E-state index >= 15 is 0 Å². The van der Waals surface area contributed by atoms with E-state index in [1.807, 2.05) is 30.3 Å². The number of carbonyl (C=O) groups excluding carboxylic acids is 1. The lowest BCUT2D eigenvalue weighted by Crippen LogP contribution is -2.19. The first kappa shape index (κ1) is 16.6. The van der Waals surface area contributed by atoms with Crippen LogP contribution in [0.15, 0.2) is 56.8 Å². The smallest absolute Gasteiger partial charge is 0.264 e. The van der Waals surface area contributed by atoms with Crippen molar-refractivity contribution < 1.29 is 4.79 Å². The van der Waals surface area contributed by atoms with E-state index in [0.717, 1.165) is 10.0 Å². The quantitative estimate of drug-likeness (QED) is 0.629. The number of hydrogen-bond acceptors (Lipinski definition) is 3. The predicted octanol–water partition coefficient (Wildman–Crippen LogP) is 5.65. The van der Waals surface area contributed by atoms with Crippen molar-refractivity contribution in [3.05, 3.63) is 67.5 Å². The van der Waals surface area contributed by atoms with E-state index in [2.05, 4.69) is 26.2 Å². The van der Waals surface area contributed by atoms with E-state index in [0.29, 0.717) is 25.8 Å². The zero-order valence-electron chi connectivity index (χ0n) is 11.5. The summed E-state index contributed by atoms with van der Waals surface area (Å²) >= 11 is 16.5. The van der Waals surface area contributed by atoms with Crippen molar-refractivity contribution in [1.82, 2.24) is 5.32 Å². The Morgan fingerprint density at radius 1 is 1.09 bits per heavy atom. The van der Waals surface area contributed by atoms with Gasteiger partial charge in [-0.15, -0.1) is 0 Å². The van der Waals surface area contributed by atoms with Crippen LogP contribution in [0.2, 0.25) is 10.0 Å². The summed E-state index contributed by atoms with van der Waals surface area (Å²) in [6.07, 6.45) is 1.82. The Bertz CT molecular complexity index is 834. The van der Waals surface area contributed by atoms with Crippen LogP contribution >= 0.6 is 50.9 Å². The van der Waals surface area contributed by atoms with Crippen LogP contribution in [0.1, 0.15) is 5.56 Å². The van der Waals surface area contributed by atoms with Crippen LogP contribution in [0.5, 0.6) is 0 Å². The second-order valence-electron chi connectivity index (χ2n) is 4.63. The molecule has 0 saturated carbocycles. The molecule has 0 bridgehead atoms. The fourth-order valence-electron chi connectivity index (χ4n) is 1.86. The van der Waals surface area contributed by atoms with E-state index in [9.17, 15) is 4.79 Å². The van der Waals surface area contributed by atoms with E-state index in [1.54, 1.807) is 18.2 Å². The van der Waals surface area contributed by atoms with E-state index in [-0.39, 0.29) is 5.91 Å². The number of nitrogens with one attached hydrogen (secondary N) is 1. The molecule has 3 nitrogen and oxygen atoms in total. The van der Waals surface area contributed by atoms with Gasteiger partial charge >= 0.3 is 0 Å². The minimum Gasteiger partial charge on any atom is -0.300 e. The summed E-state index contributed by atoms with van der Waals surface area (Å²) in [6, 6.07) is 12.8. The van der Waals surface area contributed by atoms with Gasteiger partial charge in [-0.25, -0.2) is 4.99 Å². The van der Waals surface area contributed by atoms with Crippen LogP contribution in [0.25, 0.3) is 6.08 Å². The Hall–Kier alpha value is -1.27. The predicted molar refractivity (Wildman–Crippen MR) is 101 cm³/mol. The van der Waals surface area contributed by atoms with Crippen molar-refractivity contribution in [3.8, 4) is 0 Å². The van der Waals surface area contributed by atoms with Crippen molar-refractivity contribution in [1.29, 1.82) is 0 Å². The maximum absolute atomic E-state index is 12.0. The maximum Gasteiger partial charge on any atom is 0.264 e. The van der Waals surface area contributed by atoms with Gasteiger partial charge in [-0.2, -0.15) is 0 Å². The van der Waals surface area contributed by atoms with Crippen molar-refractivity contribution in [3.63, 3.8) is 0 Å². The molecule has 7 heteroatoms. The molecule has 2 aromatic rings. The van der Waals surface area contributed by atoms with Gasteiger partial charge in [0, 0.05) is 4.47 Å². The molecule has 1 heterocycles. The average molecular weight is 428 g/mol. The summed E-state index contributed by atoms with van der Waals surface area (Å²) in [4.78, 5) is 17.0. The van der Waals surface area contributed by atoms with Crippen LogP contribution in [0.3, 0.4) is 0 Å². The molecule has 1 amide bonds. The minimum absolute atomic E-state index is 0.170. The Kier molecular flexibility index (Phi) is 5.11. The lowest BCUT2D eigenvalue weighted by Gasteiger charge is -1.99. The normalized spacial score (nSPS) is 17.8. The molecule has 1 fully saturated rings. The molecule has 2 aromatic carbocycles. The summed E-state index contributed by atoms with van der Waals surface area (Å²) in [5.41, 5.74) is 1.58. The molecule has 116 valence electrons. The average Bonchev–Trinajstić information content (AvgIpc) is 2.85. The Balaban J connectivity index is 1.82. The van der Waals surface area contributed by atoms with Gasteiger partial charge in [0.05, 0.1) is 20.6 Å². The largest absolute Gasteiger partial charge is 0.300 e. The highest BCUT2D eigenvalue weighted by Crippen LogP contribution is 2.31. The monoisotopic (exact) mass is 426 g/mol. The molecule has 1 saturated heterocycles. The molecule has 1 N–H and O–H groups in total. The first-order valence-electron chi connectivity index (χ1n) is 6.51. The molecule has 0 radical (unpaired) electrons. The molecule has 0 spiro atoms. The standard InChI is InChI=1S/C16H9BrCl2N2OS/c17-10-3-1-9(2-4-10)7-14-15(22)21-16(23-14)20-11-5-6-12(18)13(19)8-11/h1-8H,(H,20,21,22). The maximum atomic E-state index is 12.0. The fraction of sp³-hybridized carbons (Fsp3) is 0. The van der Waals surface area contributed by atoms with Gasteiger partial charge in [0.2, 0.25) is 0 Å². The summed E-state index contributed by atoms with van der Waals surface area (Å²) in [7, 11) is 0. The second kappa shape index (κ2) is 7.09. The first-order chi connectivity index (χ1) is 11.0. The highest BCUT2D eigenvalue weighted by Gasteiger charge is 2.23. The summed E-state index contributed by atoms with van der Waals surface area (Å²) < 4.78 is 0.991. The van der Waals surface area contributed by atoms with Gasteiger partial charge in [-0.1, -0.05) is 51.3 Å². The number of rotatable bonds is 2. The Morgan fingerprint density at radius 3 is 2.52 bits per heavy atom. The highest BCUT2D eigenvalue weighted by molar-refractivity contribution is 9.10. The molecular weight excluding hydrogens is 419 g/mol. The Morgan fingerprint density at radius 2 is 1.83 bits per heavy atom. The topological polar surface area (TPSA) is 41.5 Å². The summed E-state index contributed by atoms with van der Waals surface area (Å²) in [6.45, 7) is 0. The molecular formula is C16H9BrCl2N2OS. The lowest BCUT2D eigenvalue weighted by atomic mass is 10.2. The van der Waals surface area contributed by atoms with Crippen LogP contribution < -0.4 is 5.32 Å². The third-order valence-corrected chi connectivity index (χ3v) is 5.13. The minimum atomic E-state index is -0.170. The fourth-order valence-corrected chi connectivity index (χ4v) is 3.26. The third kappa shape index (κ3) is 4.18. The van der Waals surface area contributed by atoms with E-state index in [1.165, 1.54) is 11.8 Å². The number of hydrogen-bond donors (Lipinski definition) is 1. The first-order valence-corrected chi connectivity index (χ1v) is 8.88. The molecule has 23 heavy (non-hydrogen) atoms. The molecule has 1 aliphatic heterocycles. The number of carbonyl (C=O) groups is 1. The Labute approximate surface area is 155 Å². The molecule has 0 aromatic heterocycles. The molecule has 3 rings (SSSR count).